The highest BCUT2D eigenvalue weighted by atomic mass is 16.5. The van der Waals surface area contributed by atoms with Crippen LogP contribution < -0.4 is 9.64 Å². The van der Waals surface area contributed by atoms with Gasteiger partial charge >= 0.3 is 0 Å². The number of hydrogen-bond donors (Lipinski definition) is 0. The van der Waals surface area contributed by atoms with Crippen LogP contribution >= 0.6 is 0 Å². The Bertz CT molecular complexity index is 1330. The zero-order valence-electron chi connectivity index (χ0n) is 20.4. The fourth-order valence-corrected chi connectivity index (χ4v) is 4.13. The quantitative estimate of drug-likeness (QED) is 0.395. The van der Waals surface area contributed by atoms with Gasteiger partial charge in [0, 0.05) is 56.7 Å². The number of benzene rings is 1. The zero-order valence-corrected chi connectivity index (χ0v) is 20.4. The monoisotopic (exact) mass is 484 g/mol. The minimum absolute atomic E-state index is 0.0499. The largest absolute Gasteiger partial charge is 0.473 e. The van der Waals surface area contributed by atoms with E-state index in [4.69, 9.17) is 14.5 Å². The van der Waals surface area contributed by atoms with Gasteiger partial charge in [0.25, 0.3) is 0 Å². The molecule has 0 bridgehead atoms. The number of pyridine rings is 2. The van der Waals surface area contributed by atoms with Crippen LogP contribution in [0, 0.1) is 0 Å². The molecule has 0 N–H and O–H groups in total. The molecule has 0 aliphatic carbocycles. The smallest absolute Gasteiger partial charge is 0.242 e. The summed E-state index contributed by atoms with van der Waals surface area (Å²) in [5.74, 6) is 0.448. The highest BCUT2D eigenvalue weighted by Crippen LogP contribution is 2.28. The number of carbonyl (C=O) groups is 1. The van der Waals surface area contributed by atoms with Crippen molar-refractivity contribution in [2.24, 2.45) is 0 Å². The first-order valence-electron chi connectivity index (χ1n) is 11.9. The number of anilines is 1. The van der Waals surface area contributed by atoms with Crippen LogP contribution in [0.5, 0.6) is 5.88 Å². The maximum absolute atomic E-state index is 12.8. The number of rotatable bonds is 7. The standard InChI is InChI=1S/C27H28N6O3/c1-32(2)21-7-5-20(6-8-21)23-15-24-26(30-11-10-29-24)27(31-23)36-18-22-17-33(12-13-35-22)25(34)14-19-4-3-9-28-16-19/h3-11,15-16,22H,12-14,17-18H2,1-2H3/t22-/m0/s1. The average Bonchev–Trinajstić information content (AvgIpc) is 2.92. The summed E-state index contributed by atoms with van der Waals surface area (Å²) in [5, 5.41) is 0. The van der Waals surface area contributed by atoms with E-state index in [1.54, 1.807) is 24.8 Å². The molecule has 4 aromatic rings. The molecule has 0 radical (unpaired) electrons. The summed E-state index contributed by atoms with van der Waals surface area (Å²) in [5.41, 5.74) is 5.00. The van der Waals surface area contributed by atoms with Crippen molar-refractivity contribution in [2.75, 3.05) is 45.3 Å². The topological polar surface area (TPSA) is 93.6 Å². The van der Waals surface area contributed by atoms with Crippen LogP contribution in [0.3, 0.4) is 0 Å². The second-order valence-electron chi connectivity index (χ2n) is 8.86. The van der Waals surface area contributed by atoms with Gasteiger partial charge < -0.3 is 19.3 Å². The predicted molar refractivity (Wildman–Crippen MR) is 137 cm³/mol. The van der Waals surface area contributed by atoms with Crippen LogP contribution in [0.1, 0.15) is 5.56 Å². The number of amides is 1. The van der Waals surface area contributed by atoms with Crippen molar-refractivity contribution in [1.82, 2.24) is 24.8 Å². The van der Waals surface area contributed by atoms with Gasteiger partial charge in [0.1, 0.15) is 12.7 Å². The fraction of sp³-hybridized carbons (Fsp3) is 0.296. The molecule has 36 heavy (non-hydrogen) atoms. The number of carbonyl (C=O) groups excluding carboxylic acids is 1. The predicted octanol–water partition coefficient (Wildman–Crippen LogP) is 3.00. The van der Waals surface area contributed by atoms with Gasteiger partial charge in [0.05, 0.1) is 30.8 Å². The summed E-state index contributed by atoms with van der Waals surface area (Å²) >= 11 is 0. The maximum atomic E-state index is 12.8. The first kappa shape index (κ1) is 23.6. The van der Waals surface area contributed by atoms with Crippen molar-refractivity contribution in [1.29, 1.82) is 0 Å². The van der Waals surface area contributed by atoms with Gasteiger partial charge in [-0.15, -0.1) is 0 Å². The number of fused-ring (bicyclic) bond motifs is 1. The molecule has 1 fully saturated rings. The third-order valence-electron chi connectivity index (χ3n) is 6.08. The zero-order chi connectivity index (χ0) is 24.9. The molecule has 0 unspecified atom stereocenters. The van der Waals surface area contributed by atoms with Gasteiger partial charge in [-0.3, -0.25) is 14.8 Å². The molecule has 3 aromatic heterocycles. The molecule has 1 aromatic carbocycles. The molecule has 9 nitrogen and oxygen atoms in total. The first-order chi connectivity index (χ1) is 17.6. The summed E-state index contributed by atoms with van der Waals surface area (Å²) in [6, 6.07) is 13.8. The molecule has 4 heterocycles. The van der Waals surface area contributed by atoms with Crippen molar-refractivity contribution < 1.29 is 14.3 Å². The van der Waals surface area contributed by atoms with Crippen molar-refractivity contribution in [3.05, 3.63) is 72.8 Å². The Hall–Kier alpha value is -4.11. The van der Waals surface area contributed by atoms with Gasteiger partial charge in [0.2, 0.25) is 11.8 Å². The molecule has 1 aliphatic rings. The van der Waals surface area contributed by atoms with Crippen molar-refractivity contribution in [3.63, 3.8) is 0 Å². The van der Waals surface area contributed by atoms with Crippen molar-refractivity contribution in [3.8, 4) is 17.1 Å². The number of morpholine rings is 1. The molecular formula is C27H28N6O3. The van der Waals surface area contributed by atoms with E-state index >= 15 is 0 Å². The molecule has 9 heteroatoms. The Morgan fingerprint density at radius 2 is 1.97 bits per heavy atom. The van der Waals surface area contributed by atoms with E-state index in [0.29, 0.717) is 43.0 Å². The van der Waals surface area contributed by atoms with E-state index in [1.807, 2.05) is 66.4 Å². The lowest BCUT2D eigenvalue weighted by Crippen LogP contribution is -2.48. The van der Waals surface area contributed by atoms with E-state index in [9.17, 15) is 4.79 Å². The fourth-order valence-electron chi connectivity index (χ4n) is 4.13. The molecule has 184 valence electrons. The van der Waals surface area contributed by atoms with Gasteiger partial charge in [-0.25, -0.2) is 9.97 Å². The lowest BCUT2D eigenvalue weighted by Gasteiger charge is -2.32. The van der Waals surface area contributed by atoms with Gasteiger partial charge in [-0.1, -0.05) is 18.2 Å². The van der Waals surface area contributed by atoms with Gasteiger partial charge in [-0.2, -0.15) is 0 Å². The average molecular weight is 485 g/mol. The molecule has 1 saturated heterocycles. The Balaban J connectivity index is 1.30. The van der Waals surface area contributed by atoms with E-state index < -0.39 is 0 Å². The molecule has 1 aliphatic heterocycles. The summed E-state index contributed by atoms with van der Waals surface area (Å²) in [7, 11) is 4.01. The molecule has 5 rings (SSSR count). The van der Waals surface area contributed by atoms with E-state index in [2.05, 4.69) is 15.0 Å². The SMILES string of the molecule is CN(C)c1ccc(-c2cc3nccnc3c(OC[C@@H]3CN(C(=O)Cc4cccnc4)CCO3)n2)cc1. The number of ether oxygens (including phenoxy) is 2. The van der Waals surface area contributed by atoms with Crippen LogP contribution in [0.25, 0.3) is 22.3 Å². The van der Waals surface area contributed by atoms with Crippen LogP contribution in [0.2, 0.25) is 0 Å². The van der Waals surface area contributed by atoms with Crippen LogP contribution in [0.15, 0.2) is 67.3 Å². The van der Waals surface area contributed by atoms with E-state index in [0.717, 1.165) is 22.5 Å². The number of hydrogen-bond acceptors (Lipinski definition) is 8. The third kappa shape index (κ3) is 5.41. The molecule has 0 spiro atoms. The number of nitrogens with zero attached hydrogens (tertiary/aromatic N) is 6. The lowest BCUT2D eigenvalue weighted by atomic mass is 10.1. The van der Waals surface area contributed by atoms with Crippen LogP contribution in [0.4, 0.5) is 5.69 Å². The molecule has 1 amide bonds. The maximum Gasteiger partial charge on any atom is 0.242 e. The minimum Gasteiger partial charge on any atom is -0.473 e. The van der Waals surface area contributed by atoms with Gasteiger partial charge in [-0.05, 0) is 29.8 Å². The van der Waals surface area contributed by atoms with E-state index in [1.165, 1.54) is 0 Å². The molecule has 0 saturated carbocycles. The van der Waals surface area contributed by atoms with Crippen molar-refractivity contribution >= 4 is 22.6 Å². The second kappa shape index (κ2) is 10.7. The summed E-state index contributed by atoms with van der Waals surface area (Å²) < 4.78 is 12.0. The Kier molecular flexibility index (Phi) is 6.99. The third-order valence-corrected chi connectivity index (χ3v) is 6.08. The minimum atomic E-state index is -0.270. The molecular weight excluding hydrogens is 456 g/mol. The second-order valence-corrected chi connectivity index (χ2v) is 8.86. The van der Waals surface area contributed by atoms with E-state index in [-0.39, 0.29) is 18.6 Å². The Labute approximate surface area is 209 Å². The summed E-state index contributed by atoms with van der Waals surface area (Å²) in [4.78, 5) is 34.4. The normalized spacial score (nSPS) is 15.6. The van der Waals surface area contributed by atoms with Crippen LogP contribution in [-0.2, 0) is 16.0 Å². The molecule has 1 atom stereocenters. The highest BCUT2D eigenvalue weighted by Gasteiger charge is 2.25. The van der Waals surface area contributed by atoms with Gasteiger partial charge in [0.15, 0.2) is 5.52 Å². The summed E-state index contributed by atoms with van der Waals surface area (Å²) in [6.07, 6.45) is 6.74. The van der Waals surface area contributed by atoms with Crippen molar-refractivity contribution in [2.45, 2.75) is 12.5 Å². The number of aromatic nitrogens is 4. The Morgan fingerprint density at radius 3 is 2.75 bits per heavy atom. The van der Waals surface area contributed by atoms with Crippen LogP contribution in [-0.4, -0.2) is 77.2 Å². The Morgan fingerprint density at radius 1 is 1.14 bits per heavy atom. The first-order valence-corrected chi connectivity index (χ1v) is 11.9. The highest BCUT2D eigenvalue weighted by molar-refractivity contribution is 5.83. The lowest BCUT2D eigenvalue weighted by molar-refractivity contribution is -0.139. The summed E-state index contributed by atoms with van der Waals surface area (Å²) in [6.45, 7) is 1.71.